The number of aliphatic hydroxyl groups is 1. The summed E-state index contributed by atoms with van der Waals surface area (Å²) in [6.45, 7) is -0.264. The molecule has 0 radical (unpaired) electrons. The Balaban J connectivity index is 2.08. The van der Waals surface area contributed by atoms with E-state index in [1.807, 2.05) is 0 Å². The third kappa shape index (κ3) is 3.66. The average molecular weight is 306 g/mol. The molecule has 0 aliphatic carbocycles. The molecule has 0 amide bonds. The van der Waals surface area contributed by atoms with E-state index in [4.69, 9.17) is 19.0 Å². The van der Waals surface area contributed by atoms with E-state index in [1.54, 1.807) is 0 Å². The highest BCUT2D eigenvalue weighted by Crippen LogP contribution is 2.37. The normalized spacial score (nSPS) is 26.9. The summed E-state index contributed by atoms with van der Waals surface area (Å²) in [5, 5.41) is 9.80. The Kier molecular flexibility index (Phi) is 4.28. The molecule has 112 valence electrons. The molecule has 1 aromatic heterocycles. The number of aliphatic hydroxyl groups excluding tert-OH is 1. The smallest absolute Gasteiger partial charge is 0.330 e. The van der Waals surface area contributed by atoms with Gasteiger partial charge < -0.3 is 24.2 Å². The Morgan fingerprint density at radius 1 is 1.55 bits per heavy atom. The summed E-state index contributed by atoms with van der Waals surface area (Å²) in [5.74, 6) is 0. The van der Waals surface area contributed by atoms with E-state index < -0.39 is 37.3 Å². The van der Waals surface area contributed by atoms with Crippen LogP contribution in [0.25, 0.3) is 0 Å². The Morgan fingerprint density at radius 2 is 2.25 bits per heavy atom. The number of nitrogens with zero attached hydrogens (tertiary/aromatic N) is 1. The molecule has 3 atom stereocenters. The quantitative estimate of drug-likeness (QED) is 0.491. The van der Waals surface area contributed by atoms with Crippen LogP contribution in [0.2, 0.25) is 0 Å². The largest absolute Gasteiger partial charge is 0.390 e. The molecule has 9 nitrogen and oxygen atoms in total. The van der Waals surface area contributed by atoms with Gasteiger partial charge in [-0.15, -0.1) is 0 Å². The second-order valence-electron chi connectivity index (χ2n) is 4.41. The molecule has 0 unspecified atom stereocenters. The van der Waals surface area contributed by atoms with Crippen molar-refractivity contribution in [3.05, 3.63) is 33.1 Å². The van der Waals surface area contributed by atoms with Gasteiger partial charge in [-0.2, -0.15) is 0 Å². The molecule has 10 heteroatoms. The van der Waals surface area contributed by atoms with Crippen LogP contribution in [-0.2, 0) is 9.26 Å². The molecule has 0 bridgehead atoms. The van der Waals surface area contributed by atoms with Crippen molar-refractivity contribution in [1.29, 1.82) is 0 Å². The first-order valence-corrected chi connectivity index (χ1v) is 7.54. The highest BCUT2D eigenvalue weighted by Gasteiger charge is 2.36. The van der Waals surface area contributed by atoms with Gasteiger partial charge in [0.25, 0.3) is 5.56 Å². The maximum absolute atomic E-state index is 11.6. The number of ether oxygens (including phenoxy) is 1. The molecular weight excluding hydrogens is 291 g/mol. The summed E-state index contributed by atoms with van der Waals surface area (Å²) in [6.07, 6.45) is 1.87. The lowest BCUT2D eigenvalue weighted by Gasteiger charge is -2.18. The number of aromatic amines is 1. The van der Waals surface area contributed by atoms with Crippen molar-refractivity contribution < 1.29 is 24.2 Å². The summed E-state index contributed by atoms with van der Waals surface area (Å²) in [4.78, 5) is 42.7. The van der Waals surface area contributed by atoms with E-state index in [2.05, 4.69) is 11.3 Å². The predicted molar refractivity (Wildman–Crippen MR) is 70.3 cm³/mol. The fourth-order valence-electron chi connectivity index (χ4n) is 1.88. The Hall–Kier alpha value is -1.22. The summed E-state index contributed by atoms with van der Waals surface area (Å²) in [5.41, 5.74) is -1.18. The van der Waals surface area contributed by atoms with Crippen LogP contribution in [-0.4, -0.2) is 49.6 Å². The monoisotopic (exact) mass is 306 g/mol. The third-order valence-corrected chi connectivity index (χ3v) is 3.37. The Labute approximate surface area is 113 Å². The molecule has 1 aromatic rings. The molecule has 20 heavy (non-hydrogen) atoms. The number of nitrogens with one attached hydrogen (secondary N) is 1. The van der Waals surface area contributed by atoms with Crippen molar-refractivity contribution in [2.24, 2.45) is 0 Å². The summed E-state index contributed by atoms with van der Waals surface area (Å²) in [6, 6.07) is 1.16. The van der Waals surface area contributed by atoms with E-state index in [0.29, 0.717) is 0 Å². The Morgan fingerprint density at radius 3 is 2.85 bits per heavy atom. The fourth-order valence-corrected chi connectivity index (χ4v) is 2.27. The van der Waals surface area contributed by atoms with Crippen LogP contribution in [0.3, 0.4) is 0 Å². The third-order valence-electron chi connectivity index (χ3n) is 2.81. The minimum absolute atomic E-state index is 0.111. The highest BCUT2D eigenvalue weighted by atomic mass is 31.2. The summed E-state index contributed by atoms with van der Waals surface area (Å²) >= 11 is 0. The zero-order chi connectivity index (χ0) is 14.9. The maximum atomic E-state index is 11.6. The van der Waals surface area contributed by atoms with Crippen molar-refractivity contribution in [3.8, 4) is 0 Å². The number of rotatable bonds is 4. The first kappa shape index (κ1) is 15.2. The van der Waals surface area contributed by atoms with E-state index in [-0.39, 0.29) is 13.0 Å². The number of aromatic nitrogens is 2. The van der Waals surface area contributed by atoms with Crippen LogP contribution in [0.5, 0.6) is 0 Å². The van der Waals surface area contributed by atoms with Crippen molar-refractivity contribution in [1.82, 2.24) is 9.55 Å². The van der Waals surface area contributed by atoms with E-state index in [1.165, 1.54) is 6.20 Å². The van der Waals surface area contributed by atoms with Gasteiger partial charge in [0.1, 0.15) is 12.3 Å². The van der Waals surface area contributed by atoms with E-state index in [0.717, 1.165) is 10.6 Å². The predicted octanol–water partition coefficient (Wildman–Crippen LogP) is -1.62. The molecule has 0 aromatic carbocycles. The van der Waals surface area contributed by atoms with Gasteiger partial charge in [0, 0.05) is 18.7 Å². The van der Waals surface area contributed by atoms with Gasteiger partial charge in [0.2, 0.25) is 7.57 Å². The Bertz CT molecular complexity index is 633. The lowest BCUT2D eigenvalue weighted by molar-refractivity contribution is -0.0428. The zero-order valence-corrected chi connectivity index (χ0v) is 11.3. The molecule has 4 N–H and O–H groups in total. The fraction of sp³-hybridized carbons (Fsp3) is 0.500. The van der Waals surface area contributed by atoms with E-state index in [9.17, 15) is 14.7 Å². The van der Waals surface area contributed by atoms with Crippen LogP contribution < -0.4 is 11.2 Å². The molecule has 2 heterocycles. The maximum Gasteiger partial charge on any atom is 0.330 e. The van der Waals surface area contributed by atoms with Crippen LogP contribution in [0.1, 0.15) is 12.6 Å². The molecule has 2 rings (SSSR count). The van der Waals surface area contributed by atoms with Gasteiger partial charge in [-0.05, 0) is 6.30 Å². The standard InChI is InChI=1S/C10H15N2O7P/c1-20(16,17)18-5-7-6(13)4-9(19-7)12-3-2-8(14)11-10(12)15/h2-3,6-7,9,13,16-17H,1,4-5H2,(H,11,14,15)/t6-,7+,9+/m0/s1. The number of hydrogen-bond donors (Lipinski definition) is 4. The molecular formula is C10H15N2O7P. The first-order valence-electron chi connectivity index (χ1n) is 5.75. The van der Waals surface area contributed by atoms with Crippen LogP contribution >= 0.6 is 7.57 Å². The second-order valence-corrected chi connectivity index (χ2v) is 6.00. The molecule has 1 fully saturated rings. The minimum Gasteiger partial charge on any atom is -0.390 e. The van der Waals surface area contributed by atoms with Gasteiger partial charge in [0.05, 0.1) is 12.7 Å². The van der Waals surface area contributed by atoms with Gasteiger partial charge in [0.15, 0.2) is 0 Å². The van der Waals surface area contributed by atoms with Gasteiger partial charge in [-0.25, -0.2) is 4.79 Å². The molecule has 1 saturated heterocycles. The van der Waals surface area contributed by atoms with Crippen molar-refractivity contribution in [2.45, 2.75) is 24.9 Å². The van der Waals surface area contributed by atoms with Gasteiger partial charge >= 0.3 is 5.69 Å². The van der Waals surface area contributed by atoms with Gasteiger partial charge in [-0.3, -0.25) is 14.3 Å². The molecule has 0 spiro atoms. The van der Waals surface area contributed by atoms with Crippen LogP contribution in [0.4, 0.5) is 0 Å². The topological polar surface area (TPSA) is 134 Å². The van der Waals surface area contributed by atoms with Crippen LogP contribution in [0.15, 0.2) is 21.9 Å². The van der Waals surface area contributed by atoms with Crippen molar-refractivity contribution in [3.63, 3.8) is 0 Å². The zero-order valence-electron chi connectivity index (χ0n) is 10.4. The second kappa shape index (κ2) is 5.65. The highest BCUT2D eigenvalue weighted by molar-refractivity contribution is 7.57. The van der Waals surface area contributed by atoms with Crippen molar-refractivity contribution >= 4 is 13.9 Å². The lowest BCUT2D eigenvalue weighted by atomic mass is 10.2. The minimum atomic E-state index is -3.66. The van der Waals surface area contributed by atoms with E-state index >= 15 is 0 Å². The molecule has 1 aliphatic rings. The molecule has 1 aliphatic heterocycles. The number of hydrogen-bond acceptors (Lipinski definition) is 7. The number of H-pyrrole nitrogens is 1. The van der Waals surface area contributed by atoms with Gasteiger partial charge in [-0.1, -0.05) is 0 Å². The summed E-state index contributed by atoms with van der Waals surface area (Å²) < 4.78 is 11.2. The van der Waals surface area contributed by atoms with Crippen molar-refractivity contribution in [2.75, 3.05) is 6.61 Å². The lowest BCUT2D eigenvalue weighted by Crippen LogP contribution is -2.31. The SMILES string of the molecule is C=P(O)(O)OC[C@H]1O[C@@H](n2ccc(=O)[nH]c2=O)C[C@@H]1O. The first-order chi connectivity index (χ1) is 9.26. The summed E-state index contributed by atoms with van der Waals surface area (Å²) in [7, 11) is -3.66. The molecule has 0 saturated carbocycles. The van der Waals surface area contributed by atoms with Crippen LogP contribution in [0, 0.1) is 0 Å². The average Bonchev–Trinajstić information content (AvgIpc) is 2.67.